The molecule has 1 atom stereocenters. The molecule has 0 aliphatic heterocycles. The van der Waals surface area contributed by atoms with Crippen molar-refractivity contribution in [1.82, 2.24) is 29.4 Å². The van der Waals surface area contributed by atoms with Gasteiger partial charge in [0.05, 0.1) is 23.0 Å². The number of carbonyl (C=O) groups is 2. The van der Waals surface area contributed by atoms with E-state index in [-0.39, 0.29) is 5.69 Å². The molecule has 172 valence electrons. The minimum absolute atomic E-state index is 0.117. The maximum Gasteiger partial charge on any atom is 0.269 e. The number of aryl methyl sites for hydroxylation is 1. The predicted octanol–water partition coefficient (Wildman–Crippen LogP) is 1.11. The van der Waals surface area contributed by atoms with Crippen LogP contribution in [0.1, 0.15) is 22.5 Å². The van der Waals surface area contributed by atoms with Gasteiger partial charge in [-0.1, -0.05) is 17.9 Å². The fourth-order valence-electron chi connectivity index (χ4n) is 3.41. The van der Waals surface area contributed by atoms with Crippen LogP contribution in [-0.4, -0.2) is 66.6 Å². The van der Waals surface area contributed by atoms with Crippen molar-refractivity contribution in [1.29, 1.82) is 0 Å². The second-order valence-electron chi connectivity index (χ2n) is 7.81. The summed E-state index contributed by atoms with van der Waals surface area (Å²) in [6.45, 7) is 0.402. The number of nitrogens with zero attached hydrogens (tertiary/aromatic N) is 6. The maximum atomic E-state index is 12.0. The number of rotatable bonds is 7. The van der Waals surface area contributed by atoms with Crippen LogP contribution in [0.4, 0.5) is 0 Å². The molecule has 0 radical (unpaired) electrons. The number of hydrogen-bond acceptors (Lipinski definition) is 6. The maximum absolute atomic E-state index is 12.0. The highest BCUT2D eigenvalue weighted by atomic mass is 16.3. The first-order chi connectivity index (χ1) is 16.4. The van der Waals surface area contributed by atoms with Gasteiger partial charge in [-0.05, 0) is 30.3 Å². The van der Waals surface area contributed by atoms with E-state index < -0.39 is 12.0 Å². The summed E-state index contributed by atoms with van der Waals surface area (Å²) in [5, 5.41) is 19.2. The Kier molecular flexibility index (Phi) is 6.38. The van der Waals surface area contributed by atoms with Crippen molar-refractivity contribution in [3.05, 3.63) is 60.0 Å². The van der Waals surface area contributed by atoms with Gasteiger partial charge in [-0.3, -0.25) is 14.3 Å². The van der Waals surface area contributed by atoms with Gasteiger partial charge in [0.25, 0.3) is 5.91 Å². The van der Waals surface area contributed by atoms with E-state index in [1.54, 1.807) is 52.9 Å². The number of aliphatic hydroxyl groups is 1. The molecule has 0 saturated heterocycles. The second kappa shape index (κ2) is 9.56. The standard InChI is InChI=1S/C24H23N7O3/c1-29(15-32)11-10-19(33)7-6-16-4-3-5-18(12-16)31-24-20(22(28-31)23(25)34)8-9-21(27-24)17-13-26-30(2)14-17/h3-5,8-9,12-15,19,33H,10-11H2,1-2H3,(H2,25,34)/t19-/m0/s1. The molecule has 10 nitrogen and oxygen atoms in total. The smallest absolute Gasteiger partial charge is 0.269 e. The predicted molar refractivity (Wildman–Crippen MR) is 126 cm³/mol. The van der Waals surface area contributed by atoms with Gasteiger partial charge >= 0.3 is 0 Å². The number of fused-ring (bicyclic) bond motifs is 1. The van der Waals surface area contributed by atoms with Gasteiger partial charge in [-0.15, -0.1) is 0 Å². The van der Waals surface area contributed by atoms with E-state index in [0.29, 0.717) is 47.4 Å². The number of primary amides is 1. The Hall–Kier alpha value is -4.49. The lowest BCUT2D eigenvalue weighted by atomic mass is 10.1. The third-order valence-corrected chi connectivity index (χ3v) is 5.17. The van der Waals surface area contributed by atoms with Gasteiger partial charge in [-0.2, -0.15) is 10.2 Å². The number of benzene rings is 1. The van der Waals surface area contributed by atoms with Gasteiger partial charge in [0.1, 0.15) is 6.10 Å². The number of amides is 2. The van der Waals surface area contributed by atoms with Crippen molar-refractivity contribution in [3.63, 3.8) is 0 Å². The highest BCUT2D eigenvalue weighted by Crippen LogP contribution is 2.25. The van der Waals surface area contributed by atoms with E-state index in [2.05, 4.69) is 22.0 Å². The van der Waals surface area contributed by atoms with Gasteiger partial charge in [0, 0.05) is 44.4 Å². The summed E-state index contributed by atoms with van der Waals surface area (Å²) < 4.78 is 3.23. The van der Waals surface area contributed by atoms with Crippen LogP contribution in [0, 0.1) is 11.8 Å². The van der Waals surface area contributed by atoms with Crippen LogP contribution in [0.5, 0.6) is 0 Å². The average molecular weight is 457 g/mol. The van der Waals surface area contributed by atoms with Crippen molar-refractivity contribution in [2.24, 2.45) is 12.8 Å². The molecule has 0 aliphatic rings. The molecule has 4 rings (SSSR count). The van der Waals surface area contributed by atoms with E-state index in [4.69, 9.17) is 10.7 Å². The molecule has 4 aromatic rings. The third-order valence-electron chi connectivity index (χ3n) is 5.17. The molecular weight excluding hydrogens is 434 g/mol. The molecule has 34 heavy (non-hydrogen) atoms. The Labute approximate surface area is 195 Å². The molecular formula is C24H23N7O3. The summed E-state index contributed by atoms with van der Waals surface area (Å²) in [4.78, 5) is 28.9. The fraction of sp³-hybridized carbons (Fsp3) is 0.208. The zero-order valence-electron chi connectivity index (χ0n) is 18.7. The average Bonchev–Trinajstić information content (AvgIpc) is 3.44. The van der Waals surface area contributed by atoms with E-state index in [1.807, 2.05) is 19.3 Å². The van der Waals surface area contributed by atoms with Crippen molar-refractivity contribution in [2.45, 2.75) is 12.5 Å². The Morgan fingerprint density at radius 1 is 1.32 bits per heavy atom. The van der Waals surface area contributed by atoms with Gasteiger partial charge in [-0.25, -0.2) is 9.67 Å². The largest absolute Gasteiger partial charge is 0.380 e. The summed E-state index contributed by atoms with van der Waals surface area (Å²) in [7, 11) is 3.46. The SMILES string of the molecule is CN(C=O)CC[C@@H](O)C#Cc1cccc(-n2nc(C(N)=O)c3ccc(-c4cnn(C)c4)nc32)c1. The molecule has 0 saturated carbocycles. The molecule has 3 heterocycles. The third kappa shape index (κ3) is 4.79. The van der Waals surface area contributed by atoms with Crippen LogP contribution in [0.3, 0.4) is 0 Å². The van der Waals surface area contributed by atoms with Crippen LogP contribution in [0.25, 0.3) is 28.0 Å². The van der Waals surface area contributed by atoms with Gasteiger partial charge in [0.2, 0.25) is 6.41 Å². The number of hydrogen-bond donors (Lipinski definition) is 2. The Balaban J connectivity index is 1.71. The Morgan fingerprint density at radius 3 is 2.85 bits per heavy atom. The molecule has 0 bridgehead atoms. The summed E-state index contributed by atoms with van der Waals surface area (Å²) in [5.41, 5.74) is 8.93. The highest BCUT2D eigenvalue weighted by Gasteiger charge is 2.18. The van der Waals surface area contributed by atoms with Crippen LogP contribution in [0.2, 0.25) is 0 Å². The quantitative estimate of drug-likeness (QED) is 0.316. The lowest BCUT2D eigenvalue weighted by Crippen LogP contribution is -2.21. The molecule has 1 aromatic carbocycles. The van der Waals surface area contributed by atoms with E-state index in [1.165, 1.54) is 4.90 Å². The molecule has 0 aliphatic carbocycles. The molecule has 3 aromatic heterocycles. The number of aromatic nitrogens is 5. The number of nitrogens with two attached hydrogens (primary N) is 1. The van der Waals surface area contributed by atoms with E-state index in [0.717, 1.165) is 5.56 Å². The molecule has 0 unspecified atom stereocenters. The molecule has 3 N–H and O–H groups in total. The summed E-state index contributed by atoms with van der Waals surface area (Å²) in [6, 6.07) is 10.8. The Morgan fingerprint density at radius 2 is 2.15 bits per heavy atom. The highest BCUT2D eigenvalue weighted by molar-refractivity contribution is 6.03. The van der Waals surface area contributed by atoms with Crippen LogP contribution < -0.4 is 5.73 Å². The zero-order chi connectivity index (χ0) is 24.2. The van der Waals surface area contributed by atoms with Crippen molar-refractivity contribution >= 4 is 23.4 Å². The molecule has 2 amide bonds. The molecule has 10 heteroatoms. The minimum Gasteiger partial charge on any atom is -0.380 e. The minimum atomic E-state index is -0.873. The number of carbonyl (C=O) groups excluding carboxylic acids is 2. The van der Waals surface area contributed by atoms with Crippen LogP contribution in [-0.2, 0) is 11.8 Å². The topological polar surface area (TPSA) is 132 Å². The first-order valence-corrected chi connectivity index (χ1v) is 10.5. The summed E-state index contributed by atoms with van der Waals surface area (Å²) >= 11 is 0. The Bertz CT molecular complexity index is 1430. The van der Waals surface area contributed by atoms with Gasteiger partial charge in [0.15, 0.2) is 11.3 Å². The number of pyridine rings is 1. The van der Waals surface area contributed by atoms with Crippen molar-refractivity contribution in [3.8, 4) is 28.8 Å². The van der Waals surface area contributed by atoms with Crippen molar-refractivity contribution in [2.75, 3.05) is 13.6 Å². The number of aliphatic hydroxyl groups excluding tert-OH is 1. The monoisotopic (exact) mass is 457 g/mol. The second-order valence-corrected chi connectivity index (χ2v) is 7.81. The summed E-state index contributed by atoms with van der Waals surface area (Å²) in [6.07, 6.45) is 3.72. The zero-order valence-corrected chi connectivity index (χ0v) is 18.7. The summed E-state index contributed by atoms with van der Waals surface area (Å²) in [5.74, 6) is 5.07. The molecule has 0 fully saturated rings. The van der Waals surface area contributed by atoms with Crippen LogP contribution in [0.15, 0.2) is 48.8 Å². The lowest BCUT2D eigenvalue weighted by Gasteiger charge is -2.10. The van der Waals surface area contributed by atoms with E-state index >= 15 is 0 Å². The van der Waals surface area contributed by atoms with E-state index in [9.17, 15) is 14.7 Å². The van der Waals surface area contributed by atoms with Gasteiger partial charge < -0.3 is 15.7 Å². The first-order valence-electron chi connectivity index (χ1n) is 10.5. The van der Waals surface area contributed by atoms with Crippen molar-refractivity contribution < 1.29 is 14.7 Å². The van der Waals surface area contributed by atoms with Crippen LogP contribution >= 0.6 is 0 Å². The normalized spacial score (nSPS) is 11.6. The first kappa shape index (κ1) is 22.7. The fourth-order valence-corrected chi connectivity index (χ4v) is 3.41. The molecule has 0 spiro atoms. The lowest BCUT2D eigenvalue weighted by molar-refractivity contribution is -0.117.